The number of piperidine rings is 1. The maximum Gasteiger partial charge on any atom is 0.261 e. The van der Waals surface area contributed by atoms with E-state index in [1.807, 2.05) is 25.1 Å². The largest absolute Gasteiger partial charge is 0.497 e. The Balaban J connectivity index is 1.42. The second-order valence-electron chi connectivity index (χ2n) is 8.18. The Hall–Kier alpha value is -2.93. The molecule has 2 aromatic carbocycles. The first kappa shape index (κ1) is 21.3. The highest BCUT2D eigenvalue weighted by Crippen LogP contribution is 2.26. The average molecular weight is 426 g/mol. The van der Waals surface area contributed by atoms with Gasteiger partial charge < -0.3 is 9.47 Å². The second kappa shape index (κ2) is 9.06. The summed E-state index contributed by atoms with van der Waals surface area (Å²) in [4.78, 5) is 19.8. The molecule has 164 valence electrons. The Morgan fingerprint density at radius 1 is 1.06 bits per heavy atom. The molecule has 0 atom stereocenters. The molecule has 0 aliphatic carbocycles. The van der Waals surface area contributed by atoms with Crippen LogP contribution in [0.15, 0.2) is 41.2 Å². The van der Waals surface area contributed by atoms with Gasteiger partial charge >= 0.3 is 0 Å². The molecule has 2 heterocycles. The number of aromatic nitrogens is 2. The first-order valence-electron chi connectivity index (χ1n) is 10.6. The summed E-state index contributed by atoms with van der Waals surface area (Å²) in [6.07, 6.45) is 2.02. The van der Waals surface area contributed by atoms with Crippen molar-refractivity contribution in [1.29, 1.82) is 0 Å². The standard InChI is InChI=1S/C24H28FN3O3/c1-16-26-23-12-19(25)4-5-22(23)24(29)28(16)15-17-6-8-27(9-7-17)14-18-10-20(30-2)13-21(11-18)31-3/h4-5,10-13,17H,6-9,14-15H2,1-3H3. The van der Waals surface area contributed by atoms with Gasteiger partial charge in [0.1, 0.15) is 23.1 Å². The van der Waals surface area contributed by atoms with Gasteiger partial charge in [0, 0.05) is 25.2 Å². The molecule has 1 fully saturated rings. The Labute approximate surface area is 181 Å². The number of aryl methyl sites for hydroxylation is 1. The minimum absolute atomic E-state index is 0.0894. The van der Waals surface area contributed by atoms with E-state index in [2.05, 4.69) is 9.88 Å². The third-order valence-electron chi connectivity index (χ3n) is 6.07. The third kappa shape index (κ3) is 4.71. The predicted molar refractivity (Wildman–Crippen MR) is 118 cm³/mol. The first-order valence-corrected chi connectivity index (χ1v) is 10.6. The molecule has 0 bridgehead atoms. The zero-order valence-electron chi connectivity index (χ0n) is 18.2. The summed E-state index contributed by atoms with van der Waals surface area (Å²) < 4.78 is 26.0. The molecular formula is C24H28FN3O3. The quantitative estimate of drug-likeness (QED) is 0.602. The van der Waals surface area contributed by atoms with Gasteiger partial charge in [-0.15, -0.1) is 0 Å². The summed E-state index contributed by atoms with van der Waals surface area (Å²) in [7, 11) is 3.32. The fraction of sp³-hybridized carbons (Fsp3) is 0.417. The van der Waals surface area contributed by atoms with E-state index in [9.17, 15) is 9.18 Å². The van der Waals surface area contributed by atoms with Gasteiger partial charge in [-0.3, -0.25) is 14.3 Å². The molecule has 0 N–H and O–H groups in total. The van der Waals surface area contributed by atoms with Crippen LogP contribution in [0.5, 0.6) is 11.5 Å². The van der Waals surface area contributed by atoms with E-state index in [1.165, 1.54) is 18.2 Å². The van der Waals surface area contributed by atoms with Crippen molar-refractivity contribution in [2.24, 2.45) is 5.92 Å². The Bertz CT molecular complexity index is 1110. The van der Waals surface area contributed by atoms with Gasteiger partial charge in [0.05, 0.1) is 25.1 Å². The molecule has 6 nitrogen and oxygen atoms in total. The van der Waals surface area contributed by atoms with E-state index in [4.69, 9.17) is 9.47 Å². The fourth-order valence-electron chi connectivity index (χ4n) is 4.32. The van der Waals surface area contributed by atoms with E-state index in [0.29, 0.717) is 29.2 Å². The maximum absolute atomic E-state index is 13.5. The molecule has 7 heteroatoms. The number of likely N-dealkylation sites (tertiary alicyclic amines) is 1. The number of rotatable bonds is 6. The Morgan fingerprint density at radius 2 is 1.74 bits per heavy atom. The van der Waals surface area contributed by atoms with Crippen LogP contribution in [0.1, 0.15) is 24.2 Å². The van der Waals surface area contributed by atoms with Crippen LogP contribution in [-0.2, 0) is 13.1 Å². The molecule has 1 saturated heterocycles. The van der Waals surface area contributed by atoms with Gasteiger partial charge in [-0.25, -0.2) is 9.37 Å². The fourth-order valence-corrected chi connectivity index (χ4v) is 4.32. The normalized spacial score (nSPS) is 15.4. The van der Waals surface area contributed by atoms with Crippen molar-refractivity contribution in [1.82, 2.24) is 14.5 Å². The van der Waals surface area contributed by atoms with Gasteiger partial charge in [-0.05, 0) is 68.6 Å². The number of halogens is 1. The van der Waals surface area contributed by atoms with Gasteiger partial charge in [0.15, 0.2) is 0 Å². The molecule has 0 radical (unpaired) electrons. The number of hydrogen-bond donors (Lipinski definition) is 0. The molecule has 0 amide bonds. The summed E-state index contributed by atoms with van der Waals surface area (Å²) in [6, 6.07) is 10.1. The zero-order valence-corrected chi connectivity index (χ0v) is 18.2. The predicted octanol–water partition coefficient (Wildman–Crippen LogP) is 3.77. The highest BCUT2D eigenvalue weighted by atomic mass is 19.1. The van der Waals surface area contributed by atoms with Crippen molar-refractivity contribution in [2.45, 2.75) is 32.9 Å². The topological polar surface area (TPSA) is 56.6 Å². The van der Waals surface area contributed by atoms with E-state index < -0.39 is 0 Å². The smallest absolute Gasteiger partial charge is 0.261 e. The van der Waals surface area contributed by atoms with Gasteiger partial charge in [-0.1, -0.05) is 0 Å². The van der Waals surface area contributed by atoms with E-state index in [1.54, 1.807) is 18.8 Å². The van der Waals surface area contributed by atoms with Crippen molar-refractivity contribution in [3.8, 4) is 11.5 Å². The molecule has 31 heavy (non-hydrogen) atoms. The number of nitrogens with zero attached hydrogens (tertiary/aromatic N) is 3. The van der Waals surface area contributed by atoms with Crippen LogP contribution in [-0.4, -0.2) is 41.8 Å². The lowest BCUT2D eigenvalue weighted by molar-refractivity contribution is 0.165. The molecule has 3 aromatic rings. The van der Waals surface area contributed by atoms with Crippen LogP contribution < -0.4 is 15.0 Å². The van der Waals surface area contributed by atoms with Crippen LogP contribution in [0.3, 0.4) is 0 Å². The summed E-state index contributed by atoms with van der Waals surface area (Å²) >= 11 is 0. The molecular weight excluding hydrogens is 397 g/mol. The van der Waals surface area contributed by atoms with Crippen LogP contribution in [0.4, 0.5) is 4.39 Å². The first-order chi connectivity index (χ1) is 15.0. The number of ether oxygens (including phenoxy) is 2. The number of fused-ring (bicyclic) bond motifs is 1. The lowest BCUT2D eigenvalue weighted by Gasteiger charge is -2.32. The van der Waals surface area contributed by atoms with Crippen molar-refractivity contribution in [3.63, 3.8) is 0 Å². The monoisotopic (exact) mass is 425 g/mol. The molecule has 0 unspecified atom stereocenters. The SMILES string of the molecule is COc1cc(CN2CCC(Cn3c(C)nc4cc(F)ccc4c3=O)CC2)cc(OC)c1. The van der Waals surface area contributed by atoms with Crippen molar-refractivity contribution in [3.05, 3.63) is 64.0 Å². The van der Waals surface area contributed by atoms with Crippen molar-refractivity contribution in [2.75, 3.05) is 27.3 Å². The molecule has 4 rings (SSSR count). The van der Waals surface area contributed by atoms with E-state index in [-0.39, 0.29) is 11.4 Å². The Kier molecular flexibility index (Phi) is 6.23. The molecule has 1 aliphatic heterocycles. The highest BCUT2D eigenvalue weighted by molar-refractivity contribution is 5.77. The van der Waals surface area contributed by atoms with Crippen molar-refractivity contribution >= 4 is 10.9 Å². The summed E-state index contributed by atoms with van der Waals surface area (Å²) in [5.74, 6) is 2.25. The summed E-state index contributed by atoms with van der Waals surface area (Å²) in [6.45, 7) is 5.22. The van der Waals surface area contributed by atoms with E-state index >= 15 is 0 Å². The van der Waals surface area contributed by atoms with Crippen LogP contribution in [0.25, 0.3) is 10.9 Å². The molecule has 1 aliphatic rings. The maximum atomic E-state index is 13.5. The average Bonchev–Trinajstić information content (AvgIpc) is 2.77. The molecule has 0 spiro atoms. The molecule has 1 aromatic heterocycles. The molecule has 0 saturated carbocycles. The number of benzene rings is 2. The lowest BCUT2D eigenvalue weighted by atomic mass is 9.96. The number of methoxy groups -OCH3 is 2. The van der Waals surface area contributed by atoms with Gasteiger partial charge in [0.2, 0.25) is 0 Å². The van der Waals surface area contributed by atoms with Crippen LogP contribution >= 0.6 is 0 Å². The van der Waals surface area contributed by atoms with Gasteiger partial charge in [-0.2, -0.15) is 0 Å². The zero-order chi connectivity index (χ0) is 22.0. The second-order valence-corrected chi connectivity index (χ2v) is 8.18. The van der Waals surface area contributed by atoms with Crippen LogP contribution in [0.2, 0.25) is 0 Å². The summed E-state index contributed by atoms with van der Waals surface area (Å²) in [5.41, 5.74) is 1.49. The summed E-state index contributed by atoms with van der Waals surface area (Å²) in [5, 5.41) is 0.469. The van der Waals surface area contributed by atoms with Gasteiger partial charge in [0.25, 0.3) is 5.56 Å². The van der Waals surface area contributed by atoms with Crippen molar-refractivity contribution < 1.29 is 13.9 Å². The lowest BCUT2D eigenvalue weighted by Crippen LogP contribution is -2.36. The van der Waals surface area contributed by atoms with E-state index in [0.717, 1.165) is 49.5 Å². The third-order valence-corrected chi connectivity index (χ3v) is 6.07. The van der Waals surface area contributed by atoms with Crippen LogP contribution in [0, 0.1) is 18.7 Å². The number of hydrogen-bond acceptors (Lipinski definition) is 5. The Morgan fingerprint density at radius 3 is 2.39 bits per heavy atom. The minimum Gasteiger partial charge on any atom is -0.497 e. The highest BCUT2D eigenvalue weighted by Gasteiger charge is 2.21. The minimum atomic E-state index is -0.377.